The minimum absolute atomic E-state index is 0.190. The molecule has 1 aromatic heterocycles. The van der Waals surface area contributed by atoms with E-state index in [4.69, 9.17) is 4.52 Å². The van der Waals surface area contributed by atoms with Crippen molar-refractivity contribution in [1.29, 1.82) is 0 Å². The van der Waals surface area contributed by atoms with Crippen molar-refractivity contribution in [2.24, 2.45) is 0 Å². The Balaban J connectivity index is 2.14. The lowest BCUT2D eigenvalue weighted by Gasteiger charge is -2.32. The summed E-state index contributed by atoms with van der Waals surface area (Å²) in [5, 5.41) is 13.4. The number of hydrogen-bond acceptors (Lipinski definition) is 5. The molecule has 1 N–H and O–H groups in total. The van der Waals surface area contributed by atoms with Gasteiger partial charge in [-0.2, -0.15) is 4.98 Å². The number of aliphatic carboxylic acids is 1. The molecule has 0 spiro atoms. The van der Waals surface area contributed by atoms with Crippen LogP contribution < -0.4 is 0 Å². The summed E-state index contributed by atoms with van der Waals surface area (Å²) < 4.78 is 5.16. The van der Waals surface area contributed by atoms with Crippen LogP contribution in [0.15, 0.2) is 4.52 Å². The number of carboxylic acid groups (broad SMARTS) is 1. The Morgan fingerprint density at radius 3 is 2.84 bits per heavy atom. The fourth-order valence-corrected chi connectivity index (χ4v) is 2.70. The van der Waals surface area contributed by atoms with E-state index in [1.54, 1.807) is 0 Å². The van der Waals surface area contributed by atoms with Gasteiger partial charge in [0.15, 0.2) is 5.82 Å². The zero-order valence-corrected chi connectivity index (χ0v) is 11.7. The SMILES string of the molecule is CCC1(C(=O)O)CCCN1Cc1noc(C(C)C)n1. The van der Waals surface area contributed by atoms with Crippen molar-refractivity contribution >= 4 is 5.97 Å². The maximum absolute atomic E-state index is 11.6. The molecule has 1 saturated heterocycles. The fraction of sp³-hybridized carbons (Fsp3) is 0.769. The third kappa shape index (κ3) is 2.49. The van der Waals surface area contributed by atoms with Crippen molar-refractivity contribution < 1.29 is 14.4 Å². The number of hydrogen-bond donors (Lipinski definition) is 1. The Bertz CT molecular complexity index is 458. The lowest BCUT2D eigenvalue weighted by molar-refractivity contribution is -0.150. The van der Waals surface area contributed by atoms with Crippen molar-refractivity contribution in [3.05, 3.63) is 11.7 Å². The number of carboxylic acids is 1. The van der Waals surface area contributed by atoms with Gasteiger partial charge < -0.3 is 9.63 Å². The van der Waals surface area contributed by atoms with Gasteiger partial charge in [-0.1, -0.05) is 25.9 Å². The summed E-state index contributed by atoms with van der Waals surface area (Å²) in [5.41, 5.74) is -0.765. The zero-order valence-electron chi connectivity index (χ0n) is 11.7. The predicted octanol–water partition coefficient (Wildman–Crippen LogP) is 2.02. The Hall–Kier alpha value is -1.43. The number of nitrogens with zero attached hydrogens (tertiary/aromatic N) is 3. The van der Waals surface area contributed by atoms with E-state index < -0.39 is 11.5 Å². The van der Waals surface area contributed by atoms with E-state index in [1.807, 2.05) is 25.7 Å². The minimum atomic E-state index is -0.765. The van der Waals surface area contributed by atoms with Gasteiger partial charge in [0.25, 0.3) is 0 Å². The highest BCUT2D eigenvalue weighted by Crippen LogP contribution is 2.33. The first kappa shape index (κ1) is 14.0. The second kappa shape index (κ2) is 5.28. The molecule has 0 radical (unpaired) electrons. The second-order valence-electron chi connectivity index (χ2n) is 5.42. The molecule has 2 rings (SSSR count). The smallest absolute Gasteiger partial charge is 0.324 e. The largest absolute Gasteiger partial charge is 0.480 e. The van der Waals surface area contributed by atoms with Crippen LogP contribution in [-0.4, -0.2) is 38.2 Å². The monoisotopic (exact) mass is 267 g/mol. The maximum Gasteiger partial charge on any atom is 0.324 e. The highest BCUT2D eigenvalue weighted by atomic mass is 16.5. The Morgan fingerprint density at radius 1 is 1.58 bits per heavy atom. The first-order valence-corrected chi connectivity index (χ1v) is 6.80. The van der Waals surface area contributed by atoms with Crippen molar-refractivity contribution in [3.63, 3.8) is 0 Å². The van der Waals surface area contributed by atoms with E-state index in [2.05, 4.69) is 10.1 Å². The van der Waals surface area contributed by atoms with Crippen LogP contribution in [0.2, 0.25) is 0 Å². The molecule has 0 saturated carbocycles. The molecule has 0 aliphatic carbocycles. The molecule has 0 bridgehead atoms. The van der Waals surface area contributed by atoms with Gasteiger partial charge in [-0.15, -0.1) is 0 Å². The van der Waals surface area contributed by atoms with Gasteiger partial charge >= 0.3 is 5.97 Å². The minimum Gasteiger partial charge on any atom is -0.480 e. The summed E-state index contributed by atoms with van der Waals surface area (Å²) in [6, 6.07) is 0. The molecular weight excluding hydrogens is 246 g/mol. The van der Waals surface area contributed by atoms with Gasteiger partial charge in [-0.3, -0.25) is 9.69 Å². The molecule has 19 heavy (non-hydrogen) atoms. The van der Waals surface area contributed by atoms with E-state index in [-0.39, 0.29) is 5.92 Å². The number of rotatable bonds is 5. The third-order valence-corrected chi connectivity index (χ3v) is 3.92. The van der Waals surface area contributed by atoms with Crippen LogP contribution in [0.5, 0.6) is 0 Å². The summed E-state index contributed by atoms with van der Waals surface area (Å²) in [6.07, 6.45) is 2.18. The molecule has 2 heterocycles. The van der Waals surface area contributed by atoms with Crippen LogP contribution in [-0.2, 0) is 11.3 Å². The van der Waals surface area contributed by atoms with Gasteiger partial charge in [0, 0.05) is 5.92 Å². The van der Waals surface area contributed by atoms with Crippen molar-refractivity contribution in [2.75, 3.05) is 6.54 Å². The first-order valence-electron chi connectivity index (χ1n) is 6.80. The highest BCUT2D eigenvalue weighted by molar-refractivity contribution is 5.79. The molecule has 1 unspecified atom stereocenters. The van der Waals surface area contributed by atoms with Gasteiger partial charge in [0.1, 0.15) is 5.54 Å². The molecule has 1 atom stereocenters. The Morgan fingerprint density at radius 2 is 2.32 bits per heavy atom. The van der Waals surface area contributed by atoms with Crippen LogP contribution in [0.25, 0.3) is 0 Å². The number of carbonyl (C=O) groups is 1. The average molecular weight is 267 g/mol. The molecule has 106 valence electrons. The van der Waals surface area contributed by atoms with E-state index in [1.165, 1.54) is 0 Å². The molecule has 6 nitrogen and oxygen atoms in total. The van der Waals surface area contributed by atoms with E-state index in [0.717, 1.165) is 13.0 Å². The van der Waals surface area contributed by atoms with Gasteiger partial charge in [-0.05, 0) is 25.8 Å². The lowest BCUT2D eigenvalue weighted by atomic mass is 9.93. The summed E-state index contributed by atoms with van der Waals surface area (Å²) >= 11 is 0. The maximum atomic E-state index is 11.6. The van der Waals surface area contributed by atoms with E-state index in [0.29, 0.717) is 31.1 Å². The van der Waals surface area contributed by atoms with Gasteiger partial charge in [0.2, 0.25) is 5.89 Å². The molecule has 0 amide bonds. The average Bonchev–Trinajstić information content (AvgIpc) is 2.96. The van der Waals surface area contributed by atoms with Crippen molar-refractivity contribution in [3.8, 4) is 0 Å². The summed E-state index contributed by atoms with van der Waals surface area (Å²) in [5.74, 6) is 0.617. The zero-order chi connectivity index (χ0) is 14.0. The van der Waals surface area contributed by atoms with E-state index in [9.17, 15) is 9.90 Å². The fourth-order valence-electron chi connectivity index (χ4n) is 2.70. The van der Waals surface area contributed by atoms with Crippen LogP contribution >= 0.6 is 0 Å². The van der Waals surface area contributed by atoms with Crippen LogP contribution in [0.4, 0.5) is 0 Å². The number of likely N-dealkylation sites (tertiary alicyclic amines) is 1. The van der Waals surface area contributed by atoms with Gasteiger partial charge in [0.05, 0.1) is 6.54 Å². The molecule has 6 heteroatoms. The van der Waals surface area contributed by atoms with Crippen LogP contribution in [0.3, 0.4) is 0 Å². The van der Waals surface area contributed by atoms with Crippen LogP contribution in [0.1, 0.15) is 57.7 Å². The second-order valence-corrected chi connectivity index (χ2v) is 5.42. The summed E-state index contributed by atoms with van der Waals surface area (Å²) in [7, 11) is 0. The molecule has 1 fully saturated rings. The highest BCUT2D eigenvalue weighted by Gasteiger charge is 2.46. The summed E-state index contributed by atoms with van der Waals surface area (Å²) in [4.78, 5) is 17.8. The summed E-state index contributed by atoms with van der Waals surface area (Å²) in [6.45, 7) is 7.10. The standard InChI is InChI=1S/C13H21N3O3/c1-4-13(12(17)18)6-5-7-16(13)8-10-14-11(9(2)3)19-15-10/h9H,4-8H2,1-3H3,(H,17,18). The topological polar surface area (TPSA) is 79.5 Å². The molecule has 0 aromatic carbocycles. The first-order chi connectivity index (χ1) is 8.99. The third-order valence-electron chi connectivity index (χ3n) is 3.92. The quantitative estimate of drug-likeness (QED) is 0.879. The molecule has 1 aromatic rings. The number of aromatic nitrogens is 2. The van der Waals surface area contributed by atoms with Crippen molar-refractivity contribution in [2.45, 2.75) is 58.0 Å². The normalized spacial score (nSPS) is 24.2. The molecule has 1 aliphatic heterocycles. The molecule has 1 aliphatic rings. The Labute approximate surface area is 112 Å². The van der Waals surface area contributed by atoms with Crippen LogP contribution in [0, 0.1) is 0 Å². The lowest BCUT2D eigenvalue weighted by Crippen LogP contribution is -2.49. The molecular formula is C13H21N3O3. The predicted molar refractivity (Wildman–Crippen MR) is 68.7 cm³/mol. The van der Waals surface area contributed by atoms with Crippen molar-refractivity contribution in [1.82, 2.24) is 15.0 Å². The Kier molecular flexibility index (Phi) is 3.89. The van der Waals surface area contributed by atoms with Gasteiger partial charge in [-0.25, -0.2) is 0 Å². The van der Waals surface area contributed by atoms with E-state index >= 15 is 0 Å².